The molecule has 0 radical (unpaired) electrons. The summed E-state index contributed by atoms with van der Waals surface area (Å²) in [5, 5.41) is 6.70. The van der Waals surface area contributed by atoms with Crippen molar-refractivity contribution >= 4 is 45.9 Å². The molecular weight excluding hydrogens is 295 g/mol. The highest BCUT2D eigenvalue weighted by molar-refractivity contribution is 8.17. The monoisotopic (exact) mass is 304 g/mol. The van der Waals surface area contributed by atoms with E-state index in [-0.39, 0.29) is 21.0 Å². The molecule has 2 N–H and O–H groups in total. The van der Waals surface area contributed by atoms with Crippen LogP contribution < -0.4 is 10.6 Å². The highest BCUT2D eigenvalue weighted by Gasteiger charge is 2.53. The SMILES string of the molecule is O=C1CC2(CNCN2)C2C(=O)C(Cl)=C(Cl)C=C2S1. The minimum absolute atomic E-state index is 0.0454. The summed E-state index contributed by atoms with van der Waals surface area (Å²) in [4.78, 5) is 24.9. The fourth-order valence-electron chi connectivity index (χ4n) is 2.70. The maximum Gasteiger partial charge on any atom is 0.195 e. The van der Waals surface area contributed by atoms with Gasteiger partial charge in [0.2, 0.25) is 0 Å². The predicted molar refractivity (Wildman–Crippen MR) is 71.3 cm³/mol. The van der Waals surface area contributed by atoms with E-state index in [2.05, 4.69) is 10.6 Å². The Bertz CT molecular complexity index is 509. The van der Waals surface area contributed by atoms with E-state index in [0.717, 1.165) is 11.8 Å². The first-order chi connectivity index (χ1) is 8.53. The molecule has 7 heteroatoms. The van der Waals surface area contributed by atoms with Gasteiger partial charge in [0.1, 0.15) is 5.03 Å². The third kappa shape index (κ3) is 1.77. The zero-order valence-corrected chi connectivity index (χ0v) is 11.6. The van der Waals surface area contributed by atoms with E-state index < -0.39 is 11.5 Å². The van der Waals surface area contributed by atoms with Crippen LogP contribution >= 0.6 is 35.0 Å². The summed E-state index contributed by atoms with van der Waals surface area (Å²) in [7, 11) is 0. The van der Waals surface area contributed by atoms with E-state index in [1.165, 1.54) is 0 Å². The molecule has 2 unspecified atom stereocenters. The highest BCUT2D eigenvalue weighted by Crippen LogP contribution is 2.48. The van der Waals surface area contributed by atoms with Crippen molar-refractivity contribution < 1.29 is 9.59 Å². The zero-order valence-electron chi connectivity index (χ0n) is 9.26. The molecule has 1 aliphatic carbocycles. The van der Waals surface area contributed by atoms with Gasteiger partial charge in [-0.2, -0.15) is 0 Å². The molecular formula is C11H10Cl2N2O2S. The Hall–Kier alpha value is -0.330. The second-order valence-electron chi connectivity index (χ2n) is 4.59. The van der Waals surface area contributed by atoms with Crippen molar-refractivity contribution in [1.82, 2.24) is 10.6 Å². The normalized spacial score (nSPS) is 36.1. The molecule has 3 aliphatic rings. The Morgan fingerprint density at radius 3 is 2.83 bits per heavy atom. The van der Waals surface area contributed by atoms with Gasteiger partial charge in [0, 0.05) is 24.5 Å². The topological polar surface area (TPSA) is 58.2 Å². The summed E-state index contributed by atoms with van der Waals surface area (Å²) in [5.74, 6) is -0.611. The molecule has 2 aliphatic heterocycles. The van der Waals surface area contributed by atoms with Crippen molar-refractivity contribution in [3.05, 3.63) is 21.0 Å². The van der Waals surface area contributed by atoms with Crippen molar-refractivity contribution in [3.63, 3.8) is 0 Å². The van der Waals surface area contributed by atoms with Gasteiger partial charge < -0.3 is 5.32 Å². The number of fused-ring (bicyclic) bond motifs is 2. The van der Waals surface area contributed by atoms with Crippen molar-refractivity contribution in [2.24, 2.45) is 5.92 Å². The predicted octanol–water partition coefficient (Wildman–Crippen LogP) is 1.31. The van der Waals surface area contributed by atoms with E-state index in [9.17, 15) is 9.59 Å². The van der Waals surface area contributed by atoms with E-state index in [1.807, 2.05) is 0 Å². The number of allylic oxidation sites excluding steroid dienone is 3. The molecule has 2 heterocycles. The first-order valence-corrected chi connectivity index (χ1v) is 7.08. The third-order valence-electron chi connectivity index (χ3n) is 3.49. The highest BCUT2D eigenvalue weighted by atomic mass is 35.5. The average molecular weight is 305 g/mol. The summed E-state index contributed by atoms with van der Waals surface area (Å²) in [6, 6.07) is 0. The number of carbonyl (C=O) groups is 2. The van der Waals surface area contributed by atoms with E-state index in [0.29, 0.717) is 24.5 Å². The molecule has 0 aromatic heterocycles. The van der Waals surface area contributed by atoms with Gasteiger partial charge in [0.05, 0.1) is 16.5 Å². The smallest absolute Gasteiger partial charge is 0.195 e. The Balaban J connectivity index is 2.09. The summed E-state index contributed by atoms with van der Waals surface area (Å²) in [6.07, 6.45) is 1.96. The third-order valence-corrected chi connectivity index (χ3v) is 5.24. The number of ketones is 1. The molecule has 3 rings (SSSR count). The van der Waals surface area contributed by atoms with Crippen LogP contribution in [0, 0.1) is 5.92 Å². The molecule has 96 valence electrons. The number of rotatable bonds is 0. The number of hydrogen-bond donors (Lipinski definition) is 2. The first-order valence-electron chi connectivity index (χ1n) is 5.51. The second-order valence-corrected chi connectivity index (χ2v) is 6.51. The molecule has 0 saturated carbocycles. The maximum absolute atomic E-state index is 12.3. The minimum Gasteiger partial charge on any atom is -0.303 e. The van der Waals surface area contributed by atoms with Crippen LogP contribution in [0.2, 0.25) is 0 Å². The van der Waals surface area contributed by atoms with Gasteiger partial charge >= 0.3 is 0 Å². The number of halogens is 2. The average Bonchev–Trinajstić information content (AvgIpc) is 2.74. The van der Waals surface area contributed by atoms with E-state index in [4.69, 9.17) is 23.2 Å². The van der Waals surface area contributed by atoms with Crippen LogP contribution in [-0.2, 0) is 9.59 Å². The first kappa shape index (κ1) is 12.7. The summed E-state index contributed by atoms with van der Waals surface area (Å²) >= 11 is 13.0. The quantitative estimate of drug-likeness (QED) is 0.707. The van der Waals surface area contributed by atoms with Crippen LogP contribution in [0.1, 0.15) is 6.42 Å². The fourth-order valence-corrected chi connectivity index (χ4v) is 4.36. The van der Waals surface area contributed by atoms with Gasteiger partial charge in [-0.15, -0.1) is 0 Å². The number of carbonyl (C=O) groups excluding carboxylic acids is 2. The number of nitrogens with one attached hydrogen (secondary N) is 2. The molecule has 4 nitrogen and oxygen atoms in total. The second kappa shape index (κ2) is 4.35. The van der Waals surface area contributed by atoms with Gasteiger partial charge in [-0.05, 0) is 6.08 Å². The van der Waals surface area contributed by atoms with Crippen molar-refractivity contribution in [3.8, 4) is 0 Å². The minimum atomic E-state index is -0.553. The number of hydrogen-bond acceptors (Lipinski definition) is 5. The number of Topliss-reactive ketones (excluding diaryl/α,β-unsaturated/α-hetero) is 1. The molecule has 0 bridgehead atoms. The lowest BCUT2D eigenvalue weighted by Crippen LogP contribution is -2.56. The molecule has 1 spiro atoms. The Morgan fingerprint density at radius 2 is 2.17 bits per heavy atom. The van der Waals surface area contributed by atoms with Crippen LogP contribution in [0.4, 0.5) is 0 Å². The van der Waals surface area contributed by atoms with Gasteiger partial charge in [0.15, 0.2) is 10.9 Å². The molecule has 2 fully saturated rings. The molecule has 0 amide bonds. The van der Waals surface area contributed by atoms with Gasteiger partial charge in [-0.25, -0.2) is 0 Å². The Kier molecular flexibility index (Phi) is 3.07. The Morgan fingerprint density at radius 1 is 1.39 bits per heavy atom. The van der Waals surface area contributed by atoms with Crippen LogP contribution in [0.15, 0.2) is 21.0 Å². The van der Waals surface area contributed by atoms with E-state index >= 15 is 0 Å². The fraction of sp³-hybridized carbons (Fsp3) is 0.455. The lowest BCUT2D eigenvalue weighted by molar-refractivity contribution is -0.120. The molecule has 0 aromatic rings. The standard InChI is InChI=1S/C11H10Cl2N2O2S/c12-5-1-6-8(10(17)9(5)13)11(2-7(16)18-6)3-14-4-15-11/h1,8,14-15H,2-4H2. The summed E-state index contributed by atoms with van der Waals surface area (Å²) in [6.45, 7) is 1.17. The molecule has 0 aromatic carbocycles. The summed E-state index contributed by atoms with van der Waals surface area (Å²) < 4.78 is 0. The van der Waals surface area contributed by atoms with Crippen LogP contribution in [0.25, 0.3) is 0 Å². The molecule has 18 heavy (non-hydrogen) atoms. The lowest BCUT2D eigenvalue weighted by atomic mass is 9.77. The van der Waals surface area contributed by atoms with Crippen LogP contribution in [0.5, 0.6) is 0 Å². The zero-order chi connectivity index (χ0) is 12.9. The number of thioether (sulfide) groups is 1. The largest absolute Gasteiger partial charge is 0.303 e. The van der Waals surface area contributed by atoms with Crippen LogP contribution in [0.3, 0.4) is 0 Å². The van der Waals surface area contributed by atoms with Crippen molar-refractivity contribution in [2.45, 2.75) is 12.0 Å². The lowest BCUT2D eigenvalue weighted by Gasteiger charge is -2.41. The van der Waals surface area contributed by atoms with Crippen molar-refractivity contribution in [1.29, 1.82) is 0 Å². The van der Waals surface area contributed by atoms with Crippen LogP contribution in [-0.4, -0.2) is 29.7 Å². The summed E-state index contributed by atoms with van der Waals surface area (Å²) in [5.41, 5.74) is -0.553. The van der Waals surface area contributed by atoms with Gasteiger partial charge in [-0.1, -0.05) is 35.0 Å². The van der Waals surface area contributed by atoms with Crippen molar-refractivity contribution in [2.75, 3.05) is 13.2 Å². The van der Waals surface area contributed by atoms with Gasteiger partial charge in [0.25, 0.3) is 0 Å². The Labute approximate surface area is 118 Å². The molecule has 2 atom stereocenters. The maximum atomic E-state index is 12.3. The van der Waals surface area contributed by atoms with Gasteiger partial charge in [-0.3, -0.25) is 14.9 Å². The molecule has 2 saturated heterocycles. The van der Waals surface area contributed by atoms with E-state index in [1.54, 1.807) is 6.08 Å².